The SMILES string of the molecule is C=C.CC[C@H]1CC(N(C)C)CC(C)O1. The standard InChI is InChI=1S/C10H21NO.C2H4/c1-5-10-7-9(11(3)4)6-8(2)12-10;1-2/h8-10H,5-7H2,1-4H3;1-2H2/t8?,9?,10-;/m0./s1. The summed E-state index contributed by atoms with van der Waals surface area (Å²) < 4.78 is 5.79. The summed E-state index contributed by atoms with van der Waals surface area (Å²) >= 11 is 0. The average molecular weight is 199 g/mol. The summed E-state index contributed by atoms with van der Waals surface area (Å²) in [5.41, 5.74) is 0. The van der Waals surface area contributed by atoms with E-state index in [0.29, 0.717) is 12.2 Å². The zero-order chi connectivity index (χ0) is 11.1. The van der Waals surface area contributed by atoms with Crippen LogP contribution in [-0.4, -0.2) is 37.2 Å². The lowest BCUT2D eigenvalue weighted by Crippen LogP contribution is -2.41. The maximum Gasteiger partial charge on any atom is 0.0591 e. The normalized spacial score (nSPS) is 32.2. The first-order valence-electron chi connectivity index (χ1n) is 5.45. The van der Waals surface area contributed by atoms with E-state index in [1.165, 1.54) is 12.8 Å². The minimum absolute atomic E-state index is 0.441. The van der Waals surface area contributed by atoms with E-state index < -0.39 is 0 Å². The van der Waals surface area contributed by atoms with Crippen LogP contribution in [0.15, 0.2) is 13.2 Å². The van der Waals surface area contributed by atoms with Gasteiger partial charge >= 0.3 is 0 Å². The molecule has 0 spiro atoms. The van der Waals surface area contributed by atoms with E-state index in [1.807, 2.05) is 0 Å². The highest BCUT2D eigenvalue weighted by atomic mass is 16.5. The van der Waals surface area contributed by atoms with Crippen molar-refractivity contribution < 1.29 is 4.74 Å². The summed E-state index contributed by atoms with van der Waals surface area (Å²) in [6.45, 7) is 10.4. The Kier molecular flexibility index (Phi) is 6.85. The number of hydrogen-bond donors (Lipinski definition) is 0. The van der Waals surface area contributed by atoms with Crippen LogP contribution in [0.25, 0.3) is 0 Å². The third kappa shape index (κ3) is 4.25. The van der Waals surface area contributed by atoms with E-state index in [2.05, 4.69) is 46.0 Å². The summed E-state index contributed by atoms with van der Waals surface area (Å²) in [6, 6.07) is 0.721. The van der Waals surface area contributed by atoms with E-state index in [1.54, 1.807) is 0 Å². The van der Waals surface area contributed by atoms with Gasteiger partial charge in [0.25, 0.3) is 0 Å². The Labute approximate surface area is 88.9 Å². The van der Waals surface area contributed by atoms with E-state index in [4.69, 9.17) is 4.74 Å². The smallest absolute Gasteiger partial charge is 0.0591 e. The summed E-state index contributed by atoms with van der Waals surface area (Å²) in [4.78, 5) is 2.32. The van der Waals surface area contributed by atoms with E-state index in [-0.39, 0.29) is 0 Å². The molecule has 3 atom stereocenters. The van der Waals surface area contributed by atoms with E-state index >= 15 is 0 Å². The first-order valence-corrected chi connectivity index (χ1v) is 5.45. The lowest BCUT2D eigenvalue weighted by atomic mass is 9.97. The maximum absolute atomic E-state index is 5.79. The second-order valence-corrected chi connectivity index (χ2v) is 4.07. The number of hydrogen-bond acceptors (Lipinski definition) is 2. The first-order chi connectivity index (χ1) is 6.63. The minimum Gasteiger partial charge on any atom is -0.375 e. The number of ether oxygens (including phenoxy) is 1. The molecule has 2 heteroatoms. The Bertz CT molecular complexity index is 147. The van der Waals surface area contributed by atoms with Gasteiger partial charge in [0.2, 0.25) is 0 Å². The molecule has 0 aromatic rings. The quantitative estimate of drug-likeness (QED) is 0.634. The Morgan fingerprint density at radius 2 is 1.86 bits per heavy atom. The Balaban J connectivity index is 0.000000791. The van der Waals surface area contributed by atoms with E-state index in [0.717, 1.165) is 12.5 Å². The molecule has 0 N–H and O–H groups in total. The van der Waals surface area contributed by atoms with E-state index in [9.17, 15) is 0 Å². The van der Waals surface area contributed by atoms with Gasteiger partial charge in [0.15, 0.2) is 0 Å². The summed E-state index contributed by atoms with van der Waals surface area (Å²) in [6.07, 6.45) is 4.46. The van der Waals surface area contributed by atoms with Crippen LogP contribution in [0.2, 0.25) is 0 Å². The summed E-state index contributed by atoms with van der Waals surface area (Å²) in [7, 11) is 4.32. The van der Waals surface area contributed by atoms with Gasteiger partial charge in [-0.3, -0.25) is 0 Å². The van der Waals surface area contributed by atoms with Crippen molar-refractivity contribution in [1.82, 2.24) is 4.90 Å². The van der Waals surface area contributed by atoms with Crippen LogP contribution in [-0.2, 0) is 4.74 Å². The van der Waals surface area contributed by atoms with Crippen molar-refractivity contribution in [2.24, 2.45) is 0 Å². The summed E-state index contributed by atoms with van der Waals surface area (Å²) in [5.74, 6) is 0. The zero-order valence-electron chi connectivity index (χ0n) is 10.1. The van der Waals surface area contributed by atoms with Crippen molar-refractivity contribution in [2.75, 3.05) is 14.1 Å². The average Bonchev–Trinajstić information content (AvgIpc) is 2.20. The molecule has 0 saturated carbocycles. The molecule has 84 valence electrons. The molecular weight excluding hydrogens is 174 g/mol. The van der Waals surface area contributed by atoms with Gasteiger partial charge < -0.3 is 9.64 Å². The molecule has 1 aliphatic rings. The fraction of sp³-hybridized carbons (Fsp3) is 0.833. The van der Waals surface area contributed by atoms with Crippen molar-refractivity contribution >= 4 is 0 Å². The second kappa shape index (κ2) is 7.02. The molecule has 1 fully saturated rings. The third-order valence-electron chi connectivity index (χ3n) is 2.75. The van der Waals surface area contributed by atoms with Crippen molar-refractivity contribution in [3.63, 3.8) is 0 Å². The van der Waals surface area contributed by atoms with Crippen molar-refractivity contribution in [2.45, 2.75) is 51.4 Å². The molecule has 2 unspecified atom stereocenters. The minimum atomic E-state index is 0.441. The fourth-order valence-corrected chi connectivity index (χ4v) is 1.91. The monoisotopic (exact) mass is 199 g/mol. The van der Waals surface area contributed by atoms with Crippen molar-refractivity contribution in [3.05, 3.63) is 13.2 Å². The van der Waals surface area contributed by atoms with Gasteiger partial charge in [-0.1, -0.05) is 6.92 Å². The van der Waals surface area contributed by atoms with Gasteiger partial charge in [-0.15, -0.1) is 13.2 Å². The van der Waals surface area contributed by atoms with Gasteiger partial charge in [0.1, 0.15) is 0 Å². The molecule has 1 heterocycles. The molecule has 0 aromatic heterocycles. The molecular formula is C12H25NO. The highest BCUT2D eigenvalue weighted by Gasteiger charge is 2.26. The van der Waals surface area contributed by atoms with Gasteiger partial charge in [0.05, 0.1) is 12.2 Å². The van der Waals surface area contributed by atoms with Crippen LogP contribution >= 0.6 is 0 Å². The predicted octanol–water partition coefficient (Wildman–Crippen LogP) is 2.70. The number of nitrogens with zero attached hydrogens (tertiary/aromatic N) is 1. The van der Waals surface area contributed by atoms with Crippen LogP contribution < -0.4 is 0 Å². The molecule has 0 aliphatic carbocycles. The highest BCUT2D eigenvalue weighted by Crippen LogP contribution is 2.23. The van der Waals surface area contributed by atoms with Gasteiger partial charge in [-0.2, -0.15) is 0 Å². The molecule has 2 nitrogen and oxygen atoms in total. The van der Waals surface area contributed by atoms with Crippen LogP contribution in [0, 0.1) is 0 Å². The molecule has 0 radical (unpaired) electrons. The molecule has 0 aromatic carbocycles. The highest BCUT2D eigenvalue weighted by molar-refractivity contribution is 4.79. The molecule has 0 bridgehead atoms. The van der Waals surface area contributed by atoms with Crippen LogP contribution in [0.5, 0.6) is 0 Å². The van der Waals surface area contributed by atoms with Crippen LogP contribution in [0.1, 0.15) is 33.1 Å². The maximum atomic E-state index is 5.79. The summed E-state index contributed by atoms with van der Waals surface area (Å²) in [5, 5.41) is 0. The lowest BCUT2D eigenvalue weighted by molar-refractivity contribution is -0.0679. The molecule has 1 aliphatic heterocycles. The molecule has 1 saturated heterocycles. The molecule has 14 heavy (non-hydrogen) atoms. The largest absolute Gasteiger partial charge is 0.375 e. The zero-order valence-corrected chi connectivity index (χ0v) is 10.1. The van der Waals surface area contributed by atoms with Gasteiger partial charge in [-0.05, 0) is 40.3 Å². The predicted molar refractivity (Wildman–Crippen MR) is 62.6 cm³/mol. The van der Waals surface area contributed by atoms with Crippen LogP contribution in [0.3, 0.4) is 0 Å². The Morgan fingerprint density at radius 1 is 1.29 bits per heavy atom. The van der Waals surface area contributed by atoms with Gasteiger partial charge in [-0.25, -0.2) is 0 Å². The van der Waals surface area contributed by atoms with Crippen molar-refractivity contribution in [3.8, 4) is 0 Å². The molecule has 1 rings (SSSR count). The second-order valence-electron chi connectivity index (χ2n) is 4.07. The Hall–Kier alpha value is -0.340. The van der Waals surface area contributed by atoms with Crippen molar-refractivity contribution in [1.29, 1.82) is 0 Å². The fourth-order valence-electron chi connectivity index (χ4n) is 1.91. The third-order valence-corrected chi connectivity index (χ3v) is 2.75. The first kappa shape index (κ1) is 13.7. The topological polar surface area (TPSA) is 12.5 Å². The lowest BCUT2D eigenvalue weighted by Gasteiger charge is -2.36. The number of rotatable bonds is 2. The Morgan fingerprint density at radius 3 is 2.29 bits per heavy atom. The molecule has 0 amide bonds. The van der Waals surface area contributed by atoms with Crippen LogP contribution in [0.4, 0.5) is 0 Å². The van der Waals surface area contributed by atoms with Gasteiger partial charge in [0, 0.05) is 6.04 Å².